The van der Waals surface area contributed by atoms with Gasteiger partial charge in [-0.1, -0.05) is 52.3 Å². The lowest BCUT2D eigenvalue weighted by atomic mass is 10.1. The highest BCUT2D eigenvalue weighted by Gasteiger charge is 1.92. The number of hydrogen-bond acceptors (Lipinski definition) is 1. The van der Waals surface area contributed by atoms with E-state index in [1.54, 1.807) is 0 Å². The molecular formula is C12H15BrO. The van der Waals surface area contributed by atoms with E-state index in [4.69, 9.17) is 5.11 Å². The van der Waals surface area contributed by atoms with Crippen LogP contribution in [0.1, 0.15) is 17.5 Å². The molecule has 0 spiro atoms. The maximum absolute atomic E-state index is 8.80. The molecule has 0 bridgehead atoms. The predicted molar refractivity (Wildman–Crippen MR) is 64.7 cm³/mol. The summed E-state index contributed by atoms with van der Waals surface area (Å²) in [6.45, 7) is 0.217. The maximum atomic E-state index is 8.80. The molecule has 1 nitrogen and oxygen atoms in total. The topological polar surface area (TPSA) is 20.2 Å². The summed E-state index contributed by atoms with van der Waals surface area (Å²) in [6, 6.07) is 8.25. The molecule has 0 saturated heterocycles. The molecule has 0 saturated carbocycles. The first kappa shape index (κ1) is 11.5. The summed E-state index contributed by atoms with van der Waals surface area (Å²) in [6.07, 6.45) is 6.04. The molecule has 0 amide bonds. The van der Waals surface area contributed by atoms with Crippen LogP contribution in [0.15, 0.2) is 30.3 Å². The fourth-order valence-electron chi connectivity index (χ4n) is 1.26. The zero-order valence-corrected chi connectivity index (χ0v) is 9.70. The molecule has 0 heterocycles. The first-order valence-corrected chi connectivity index (χ1v) is 5.91. The first-order valence-electron chi connectivity index (χ1n) is 4.79. The Labute approximate surface area is 93.6 Å². The van der Waals surface area contributed by atoms with Crippen LogP contribution in [0.2, 0.25) is 0 Å². The molecule has 1 rings (SSSR count). The van der Waals surface area contributed by atoms with Gasteiger partial charge >= 0.3 is 0 Å². The van der Waals surface area contributed by atoms with E-state index in [0.717, 1.165) is 18.2 Å². The molecule has 1 N–H and O–H groups in total. The standard InChI is InChI=1S/C12H15BrO/c13-8-2-1-4-11-5-3-6-12(10-11)7-9-14/h1,3-6,10,14H,2,7-9H2. The van der Waals surface area contributed by atoms with E-state index in [2.05, 4.69) is 40.2 Å². The summed E-state index contributed by atoms with van der Waals surface area (Å²) in [5.41, 5.74) is 2.39. The Morgan fingerprint density at radius 2 is 2.21 bits per heavy atom. The second-order valence-corrected chi connectivity index (χ2v) is 3.89. The molecule has 0 radical (unpaired) electrons. The highest BCUT2D eigenvalue weighted by molar-refractivity contribution is 9.09. The molecule has 0 aliphatic carbocycles. The zero-order valence-electron chi connectivity index (χ0n) is 8.12. The van der Waals surface area contributed by atoms with Crippen molar-refractivity contribution >= 4 is 22.0 Å². The smallest absolute Gasteiger partial charge is 0.0471 e. The normalized spacial score (nSPS) is 11.0. The Balaban J connectivity index is 2.63. The third kappa shape index (κ3) is 4.07. The first-order chi connectivity index (χ1) is 6.86. The van der Waals surface area contributed by atoms with Crippen LogP contribution in [0.3, 0.4) is 0 Å². The highest BCUT2D eigenvalue weighted by atomic mass is 79.9. The highest BCUT2D eigenvalue weighted by Crippen LogP contribution is 2.08. The Morgan fingerprint density at radius 1 is 1.36 bits per heavy atom. The Morgan fingerprint density at radius 3 is 2.93 bits per heavy atom. The second-order valence-electron chi connectivity index (χ2n) is 3.10. The molecule has 76 valence electrons. The molecule has 1 aromatic carbocycles. The van der Waals surface area contributed by atoms with Crippen LogP contribution in [-0.2, 0) is 6.42 Å². The van der Waals surface area contributed by atoms with Crippen LogP contribution in [0.25, 0.3) is 6.08 Å². The molecule has 0 aliphatic heterocycles. The summed E-state index contributed by atoms with van der Waals surface area (Å²) >= 11 is 3.38. The minimum atomic E-state index is 0.217. The number of aliphatic hydroxyl groups is 1. The average molecular weight is 255 g/mol. The van der Waals surface area contributed by atoms with E-state index in [9.17, 15) is 0 Å². The van der Waals surface area contributed by atoms with Crippen LogP contribution >= 0.6 is 15.9 Å². The molecule has 1 aromatic rings. The van der Waals surface area contributed by atoms with Crippen molar-refractivity contribution in [3.63, 3.8) is 0 Å². The molecule has 14 heavy (non-hydrogen) atoms. The molecule has 0 unspecified atom stereocenters. The predicted octanol–water partition coefficient (Wildman–Crippen LogP) is 3.02. The van der Waals surface area contributed by atoms with Gasteiger partial charge in [-0.3, -0.25) is 0 Å². The van der Waals surface area contributed by atoms with E-state index in [1.807, 2.05) is 12.1 Å². The summed E-state index contributed by atoms with van der Waals surface area (Å²) in [4.78, 5) is 0. The SMILES string of the molecule is OCCc1cccc(C=CCCBr)c1. The van der Waals surface area contributed by atoms with E-state index in [0.29, 0.717) is 0 Å². The minimum absolute atomic E-state index is 0.217. The van der Waals surface area contributed by atoms with Crippen LogP contribution in [0, 0.1) is 0 Å². The van der Waals surface area contributed by atoms with E-state index >= 15 is 0 Å². The lowest BCUT2D eigenvalue weighted by Gasteiger charge is -1.99. The Bertz CT molecular complexity index is 294. The molecule has 0 aromatic heterocycles. The fourth-order valence-corrected chi connectivity index (χ4v) is 1.53. The van der Waals surface area contributed by atoms with Gasteiger partial charge in [-0.05, 0) is 24.0 Å². The third-order valence-electron chi connectivity index (χ3n) is 1.94. The van der Waals surface area contributed by atoms with Crippen molar-refractivity contribution in [2.24, 2.45) is 0 Å². The molecule has 2 heteroatoms. The van der Waals surface area contributed by atoms with Gasteiger partial charge in [-0.25, -0.2) is 0 Å². The fraction of sp³-hybridized carbons (Fsp3) is 0.333. The van der Waals surface area contributed by atoms with Gasteiger partial charge in [0.15, 0.2) is 0 Å². The molecule has 0 aliphatic rings. The zero-order chi connectivity index (χ0) is 10.2. The summed E-state index contributed by atoms with van der Waals surface area (Å²) < 4.78 is 0. The largest absolute Gasteiger partial charge is 0.396 e. The number of hydrogen-bond donors (Lipinski definition) is 1. The van der Waals surface area contributed by atoms with Gasteiger partial charge in [-0.15, -0.1) is 0 Å². The van der Waals surface area contributed by atoms with Gasteiger partial charge in [0.2, 0.25) is 0 Å². The van der Waals surface area contributed by atoms with Crippen molar-refractivity contribution in [1.29, 1.82) is 0 Å². The minimum Gasteiger partial charge on any atom is -0.396 e. The average Bonchev–Trinajstić information content (AvgIpc) is 2.19. The van der Waals surface area contributed by atoms with Crippen LogP contribution in [-0.4, -0.2) is 17.0 Å². The van der Waals surface area contributed by atoms with Crippen LogP contribution < -0.4 is 0 Å². The Hall–Kier alpha value is -0.600. The molecular weight excluding hydrogens is 240 g/mol. The van der Waals surface area contributed by atoms with Crippen LogP contribution in [0.5, 0.6) is 0 Å². The summed E-state index contributed by atoms with van der Waals surface area (Å²) in [5, 5.41) is 9.80. The number of halogens is 1. The van der Waals surface area contributed by atoms with Crippen molar-refractivity contribution in [3.05, 3.63) is 41.5 Å². The van der Waals surface area contributed by atoms with Gasteiger partial charge in [-0.2, -0.15) is 0 Å². The van der Waals surface area contributed by atoms with Crippen molar-refractivity contribution in [2.75, 3.05) is 11.9 Å². The van der Waals surface area contributed by atoms with Crippen molar-refractivity contribution < 1.29 is 5.11 Å². The number of aliphatic hydroxyl groups excluding tert-OH is 1. The van der Waals surface area contributed by atoms with Gasteiger partial charge < -0.3 is 5.11 Å². The van der Waals surface area contributed by atoms with E-state index in [1.165, 1.54) is 11.1 Å². The van der Waals surface area contributed by atoms with Gasteiger partial charge in [0.25, 0.3) is 0 Å². The quantitative estimate of drug-likeness (QED) is 0.802. The number of benzene rings is 1. The van der Waals surface area contributed by atoms with Gasteiger partial charge in [0, 0.05) is 11.9 Å². The van der Waals surface area contributed by atoms with Crippen molar-refractivity contribution in [3.8, 4) is 0 Å². The van der Waals surface area contributed by atoms with E-state index in [-0.39, 0.29) is 6.61 Å². The summed E-state index contributed by atoms with van der Waals surface area (Å²) in [7, 11) is 0. The lowest BCUT2D eigenvalue weighted by Crippen LogP contribution is -1.90. The molecule has 0 fully saturated rings. The van der Waals surface area contributed by atoms with E-state index < -0.39 is 0 Å². The van der Waals surface area contributed by atoms with Gasteiger partial charge in [0.05, 0.1) is 0 Å². The lowest BCUT2D eigenvalue weighted by molar-refractivity contribution is 0.299. The van der Waals surface area contributed by atoms with Crippen LogP contribution in [0.4, 0.5) is 0 Å². The molecule has 0 atom stereocenters. The second kappa shape index (κ2) is 6.80. The maximum Gasteiger partial charge on any atom is 0.0471 e. The number of alkyl halides is 1. The van der Waals surface area contributed by atoms with Gasteiger partial charge in [0.1, 0.15) is 0 Å². The monoisotopic (exact) mass is 254 g/mol. The Kier molecular flexibility index (Phi) is 5.57. The van der Waals surface area contributed by atoms with Crippen molar-refractivity contribution in [2.45, 2.75) is 12.8 Å². The summed E-state index contributed by atoms with van der Waals surface area (Å²) in [5.74, 6) is 0. The number of rotatable bonds is 5. The van der Waals surface area contributed by atoms with Crippen molar-refractivity contribution in [1.82, 2.24) is 0 Å². The third-order valence-corrected chi connectivity index (χ3v) is 2.40. The number of allylic oxidation sites excluding steroid dienone is 1.